The maximum Gasteiger partial charge on any atom is 0.260 e. The van der Waals surface area contributed by atoms with Crippen LogP contribution < -0.4 is 21.0 Å². The number of hydrazone groups is 1. The van der Waals surface area contributed by atoms with Gasteiger partial charge in [0.05, 0.1) is 23.1 Å². The van der Waals surface area contributed by atoms with Crippen LogP contribution in [0.15, 0.2) is 46.3 Å². The molecule has 2 N–H and O–H groups in total. The highest BCUT2D eigenvalue weighted by Gasteiger charge is 2.28. The fraction of sp³-hybridized carbons (Fsp3) is 0.273. The lowest BCUT2D eigenvalue weighted by atomic mass is 10.1. The van der Waals surface area contributed by atoms with E-state index in [1.807, 2.05) is 4.90 Å². The van der Waals surface area contributed by atoms with Crippen LogP contribution in [0, 0.1) is 11.6 Å². The van der Waals surface area contributed by atoms with E-state index in [4.69, 9.17) is 0 Å². The summed E-state index contributed by atoms with van der Waals surface area (Å²) in [6.07, 6.45) is 2.23. The number of hydrogen-bond acceptors (Lipinski definition) is 7. The molecule has 1 aromatic heterocycles. The number of nitrogens with one attached hydrogen (secondary N) is 2. The minimum Gasteiger partial charge on any atom is -0.340 e. The lowest BCUT2D eigenvalue weighted by molar-refractivity contribution is 0.0763. The molecule has 0 saturated carbocycles. The molecule has 3 heterocycles. The monoisotopic (exact) mass is 453 g/mol. The van der Waals surface area contributed by atoms with Gasteiger partial charge in [0.15, 0.2) is 0 Å². The summed E-state index contributed by atoms with van der Waals surface area (Å²) >= 11 is 0. The smallest absolute Gasteiger partial charge is 0.260 e. The fourth-order valence-electron chi connectivity index (χ4n) is 4.08. The molecule has 0 atom stereocenters. The molecule has 3 aromatic rings. The van der Waals surface area contributed by atoms with Crippen molar-refractivity contribution in [2.75, 3.05) is 42.7 Å². The van der Waals surface area contributed by atoms with Crippen molar-refractivity contribution in [3.8, 4) is 0 Å². The van der Waals surface area contributed by atoms with E-state index < -0.39 is 23.1 Å². The molecule has 0 unspecified atom stereocenters. The molecular formula is C22H21F2N7O2. The van der Waals surface area contributed by atoms with Crippen LogP contribution in [0.4, 0.5) is 20.4 Å². The maximum atomic E-state index is 14.7. The number of rotatable bonds is 3. The van der Waals surface area contributed by atoms with Crippen molar-refractivity contribution in [1.29, 1.82) is 0 Å². The number of aromatic amines is 1. The number of benzene rings is 2. The average Bonchev–Trinajstić information content (AvgIpc) is 3.23. The molecule has 170 valence electrons. The summed E-state index contributed by atoms with van der Waals surface area (Å²) in [5.74, 6) is -1.19. The van der Waals surface area contributed by atoms with Crippen LogP contribution in [0.1, 0.15) is 16.8 Å². The molecule has 1 amide bonds. The molecule has 0 radical (unpaired) electrons. The van der Waals surface area contributed by atoms with Crippen molar-refractivity contribution >= 4 is 34.7 Å². The highest BCUT2D eigenvalue weighted by atomic mass is 19.1. The van der Waals surface area contributed by atoms with Crippen molar-refractivity contribution in [2.45, 2.75) is 6.42 Å². The summed E-state index contributed by atoms with van der Waals surface area (Å²) in [5, 5.41) is 5.70. The highest BCUT2D eigenvalue weighted by molar-refractivity contribution is 6.00. The Morgan fingerprint density at radius 2 is 1.94 bits per heavy atom. The first kappa shape index (κ1) is 21.0. The van der Waals surface area contributed by atoms with Gasteiger partial charge in [-0.2, -0.15) is 10.2 Å². The van der Waals surface area contributed by atoms with Crippen molar-refractivity contribution in [2.24, 2.45) is 5.10 Å². The quantitative estimate of drug-likeness (QED) is 0.629. The minimum absolute atomic E-state index is 0.0447. The molecular weight excluding hydrogens is 432 g/mol. The minimum atomic E-state index is -0.615. The third kappa shape index (κ3) is 4.02. The molecule has 0 aliphatic carbocycles. The Hall–Kier alpha value is -3.86. The van der Waals surface area contributed by atoms with Gasteiger partial charge >= 0.3 is 0 Å². The highest BCUT2D eigenvalue weighted by Crippen LogP contribution is 2.26. The number of amides is 1. The molecule has 0 bridgehead atoms. The molecule has 1 saturated heterocycles. The van der Waals surface area contributed by atoms with E-state index >= 15 is 0 Å². The molecule has 1 fully saturated rings. The number of nitrogens with zero attached hydrogens (tertiary/aromatic N) is 5. The standard InChI is InChI=1S/C22H21F2N7O2/c23-14-5-6-17-15(13-14)20(32)28-22(27-17)30-10-2-9-29(11-12-30)21(33)19-16(24)3-1-4-18(19)31-25-7-8-26-31/h1,3-7,13,26H,2,8-12H2,(H,27,28,32). The van der Waals surface area contributed by atoms with Gasteiger partial charge in [-0.05, 0) is 36.8 Å². The van der Waals surface area contributed by atoms with E-state index in [0.717, 1.165) is 6.07 Å². The van der Waals surface area contributed by atoms with Gasteiger partial charge in [0.25, 0.3) is 11.5 Å². The van der Waals surface area contributed by atoms with E-state index in [1.165, 1.54) is 29.4 Å². The Balaban J connectivity index is 1.38. The largest absolute Gasteiger partial charge is 0.340 e. The SMILES string of the molecule is O=C(c1c(F)cccc1N1N=CCN1)N1CCCN(c2nc3ccc(F)cc3c(=O)[nH]2)CC1. The van der Waals surface area contributed by atoms with Crippen LogP contribution in [0.5, 0.6) is 0 Å². The number of carbonyl (C=O) groups is 1. The fourth-order valence-corrected chi connectivity index (χ4v) is 4.08. The molecule has 0 spiro atoms. The molecule has 11 heteroatoms. The second-order valence-corrected chi connectivity index (χ2v) is 7.79. The van der Waals surface area contributed by atoms with E-state index in [-0.39, 0.29) is 10.9 Å². The zero-order valence-corrected chi connectivity index (χ0v) is 17.6. The van der Waals surface area contributed by atoms with Crippen LogP contribution in [-0.4, -0.2) is 59.7 Å². The van der Waals surface area contributed by atoms with Crippen molar-refractivity contribution in [1.82, 2.24) is 20.3 Å². The predicted molar refractivity (Wildman–Crippen MR) is 120 cm³/mol. The molecule has 9 nitrogen and oxygen atoms in total. The Bertz CT molecular complexity index is 1310. The number of H-pyrrole nitrogens is 1. The Morgan fingerprint density at radius 3 is 2.76 bits per heavy atom. The second kappa shape index (κ2) is 8.58. The number of anilines is 2. The maximum absolute atomic E-state index is 14.7. The van der Waals surface area contributed by atoms with Gasteiger partial charge < -0.3 is 9.80 Å². The Labute approximate surface area is 187 Å². The first-order chi connectivity index (χ1) is 16.0. The van der Waals surface area contributed by atoms with Gasteiger partial charge in [0.2, 0.25) is 5.95 Å². The summed E-state index contributed by atoms with van der Waals surface area (Å²) in [6.45, 7) is 2.16. The Morgan fingerprint density at radius 1 is 1.06 bits per heavy atom. The number of aromatic nitrogens is 2. The number of halogens is 2. The molecule has 33 heavy (non-hydrogen) atoms. The number of hydrogen-bond donors (Lipinski definition) is 2. The first-order valence-corrected chi connectivity index (χ1v) is 10.6. The van der Waals surface area contributed by atoms with Gasteiger partial charge in [-0.25, -0.2) is 19.2 Å². The summed E-state index contributed by atoms with van der Waals surface area (Å²) < 4.78 is 28.2. The number of carbonyl (C=O) groups excluding carboxylic acids is 1. The Kier molecular flexibility index (Phi) is 5.47. The van der Waals surface area contributed by atoms with E-state index in [9.17, 15) is 18.4 Å². The van der Waals surface area contributed by atoms with Crippen molar-refractivity contribution in [3.05, 3.63) is 63.9 Å². The zero-order chi connectivity index (χ0) is 22.9. The molecule has 5 rings (SSSR count). The van der Waals surface area contributed by atoms with Gasteiger partial charge in [0, 0.05) is 32.4 Å². The molecule has 2 aliphatic rings. The third-order valence-corrected chi connectivity index (χ3v) is 5.70. The number of fused-ring (bicyclic) bond motifs is 1. The van der Waals surface area contributed by atoms with Gasteiger partial charge in [0.1, 0.15) is 17.2 Å². The topological polar surface area (TPSA) is 96.9 Å². The zero-order valence-electron chi connectivity index (χ0n) is 17.6. The van der Waals surface area contributed by atoms with Crippen molar-refractivity contribution < 1.29 is 13.6 Å². The van der Waals surface area contributed by atoms with Crippen LogP contribution in [0.2, 0.25) is 0 Å². The summed E-state index contributed by atoms with van der Waals surface area (Å²) in [5.41, 5.74) is 3.23. The van der Waals surface area contributed by atoms with E-state index in [2.05, 4.69) is 20.5 Å². The van der Waals surface area contributed by atoms with Crippen LogP contribution in [0.25, 0.3) is 10.9 Å². The normalized spacial score (nSPS) is 16.5. The molecule has 2 aromatic carbocycles. The van der Waals surface area contributed by atoms with Crippen LogP contribution >= 0.6 is 0 Å². The summed E-state index contributed by atoms with van der Waals surface area (Å²) in [7, 11) is 0. The van der Waals surface area contributed by atoms with Crippen LogP contribution in [-0.2, 0) is 0 Å². The van der Waals surface area contributed by atoms with Gasteiger partial charge in [-0.3, -0.25) is 14.6 Å². The molecule has 2 aliphatic heterocycles. The third-order valence-electron chi connectivity index (χ3n) is 5.70. The van der Waals surface area contributed by atoms with E-state index in [0.29, 0.717) is 56.3 Å². The number of hydrazine groups is 1. The van der Waals surface area contributed by atoms with Crippen molar-refractivity contribution in [3.63, 3.8) is 0 Å². The summed E-state index contributed by atoms with van der Waals surface area (Å²) in [6, 6.07) is 8.31. The first-order valence-electron chi connectivity index (χ1n) is 10.6. The van der Waals surface area contributed by atoms with Crippen LogP contribution in [0.3, 0.4) is 0 Å². The summed E-state index contributed by atoms with van der Waals surface area (Å²) in [4.78, 5) is 36.4. The second-order valence-electron chi connectivity index (χ2n) is 7.79. The lowest BCUT2D eigenvalue weighted by Crippen LogP contribution is -2.38. The predicted octanol–water partition coefficient (Wildman–Crippen LogP) is 1.86. The van der Waals surface area contributed by atoms with E-state index in [1.54, 1.807) is 17.2 Å². The van der Waals surface area contributed by atoms with Gasteiger partial charge in [-0.1, -0.05) is 6.07 Å². The van der Waals surface area contributed by atoms with Gasteiger partial charge in [-0.15, -0.1) is 0 Å². The average molecular weight is 453 g/mol. The lowest BCUT2D eigenvalue weighted by Gasteiger charge is -2.25.